The molecule has 6 heteroatoms. The van der Waals surface area contributed by atoms with E-state index in [0.717, 1.165) is 23.7 Å². The third kappa shape index (κ3) is 2.90. The van der Waals surface area contributed by atoms with Crippen LogP contribution >= 0.6 is 0 Å². The first-order valence-corrected chi connectivity index (χ1v) is 9.10. The lowest BCUT2D eigenvalue weighted by molar-refractivity contribution is 0.0955. The second-order valence-corrected chi connectivity index (χ2v) is 7.16. The topological polar surface area (TPSA) is 60.3 Å². The van der Waals surface area contributed by atoms with Crippen molar-refractivity contribution >= 4 is 11.6 Å². The average molecular weight is 340 g/mol. The minimum absolute atomic E-state index is 0.0400. The fraction of sp³-hybridized carbons (Fsp3) is 0.526. The van der Waals surface area contributed by atoms with Crippen LogP contribution in [-0.2, 0) is 6.54 Å². The molecule has 6 nitrogen and oxygen atoms in total. The van der Waals surface area contributed by atoms with Gasteiger partial charge in [0.05, 0.1) is 17.4 Å². The lowest BCUT2D eigenvalue weighted by Gasteiger charge is -2.34. The molecule has 4 rings (SSSR count). The van der Waals surface area contributed by atoms with Crippen molar-refractivity contribution < 1.29 is 9.53 Å². The van der Waals surface area contributed by atoms with Gasteiger partial charge >= 0.3 is 0 Å². The molecule has 1 aromatic heterocycles. The Labute approximate surface area is 147 Å². The Morgan fingerprint density at radius 2 is 2.04 bits per heavy atom. The molecular formula is C19H24N4O2. The fourth-order valence-electron chi connectivity index (χ4n) is 3.89. The third-order valence-electron chi connectivity index (χ3n) is 5.36. The highest BCUT2D eigenvalue weighted by Crippen LogP contribution is 2.34. The number of nitrogens with zero attached hydrogens (tertiary/aromatic N) is 4. The molecule has 0 bridgehead atoms. The number of carbonyl (C=O) groups is 1. The largest absolute Gasteiger partial charge is 0.489 e. The van der Waals surface area contributed by atoms with Crippen molar-refractivity contribution in [1.29, 1.82) is 0 Å². The molecule has 0 N–H and O–H groups in total. The molecule has 132 valence electrons. The molecule has 25 heavy (non-hydrogen) atoms. The van der Waals surface area contributed by atoms with Gasteiger partial charge in [0, 0.05) is 6.54 Å². The molecule has 0 saturated heterocycles. The average Bonchev–Trinajstić information content (AvgIpc) is 3.25. The zero-order valence-corrected chi connectivity index (χ0v) is 14.8. The molecule has 1 aliphatic carbocycles. The quantitative estimate of drug-likeness (QED) is 0.861. The molecule has 1 atom stereocenters. The van der Waals surface area contributed by atoms with Crippen LogP contribution in [0.5, 0.6) is 5.75 Å². The second kappa shape index (κ2) is 6.50. The van der Waals surface area contributed by atoms with Gasteiger partial charge in [0.15, 0.2) is 5.69 Å². The molecule has 1 aliphatic heterocycles. The smallest absolute Gasteiger partial charge is 0.281 e. The summed E-state index contributed by atoms with van der Waals surface area (Å²) in [6.45, 7) is 5.28. The first-order chi connectivity index (χ1) is 12.1. The number of rotatable bonds is 3. The summed E-state index contributed by atoms with van der Waals surface area (Å²) in [7, 11) is 0. The van der Waals surface area contributed by atoms with Gasteiger partial charge in [0.1, 0.15) is 12.4 Å². The van der Waals surface area contributed by atoms with Crippen molar-refractivity contribution in [3.8, 4) is 5.75 Å². The van der Waals surface area contributed by atoms with E-state index in [1.54, 1.807) is 4.90 Å². The lowest BCUT2D eigenvalue weighted by Crippen LogP contribution is -2.45. The second-order valence-electron chi connectivity index (χ2n) is 7.16. The number of hydrogen-bond acceptors (Lipinski definition) is 4. The van der Waals surface area contributed by atoms with Gasteiger partial charge in [-0.15, -0.1) is 5.10 Å². The number of aromatic nitrogens is 3. The summed E-state index contributed by atoms with van der Waals surface area (Å²) < 4.78 is 7.64. The van der Waals surface area contributed by atoms with Crippen molar-refractivity contribution in [3.63, 3.8) is 0 Å². The first kappa shape index (κ1) is 16.1. The highest BCUT2D eigenvalue weighted by molar-refractivity contribution is 6.06. The van der Waals surface area contributed by atoms with Gasteiger partial charge in [-0.05, 0) is 44.7 Å². The number of carbonyl (C=O) groups excluding carboxylic acids is 1. The van der Waals surface area contributed by atoms with Gasteiger partial charge in [-0.2, -0.15) is 0 Å². The standard InChI is InChI=1S/C19H24N4O2/c1-13-12-25-17-10-6-5-9-16(17)23(13)19(24)18-14(2)22(21-20-18)11-15-7-3-4-8-15/h5-6,9-10,13,15H,3-4,7-8,11-12H2,1-2H3. The SMILES string of the molecule is Cc1c(C(=O)N2c3ccccc3OCC2C)nnn1CC1CCCC1. The highest BCUT2D eigenvalue weighted by atomic mass is 16.5. The van der Waals surface area contributed by atoms with E-state index >= 15 is 0 Å². The normalized spacial score (nSPS) is 20.4. The third-order valence-corrected chi connectivity index (χ3v) is 5.36. The summed E-state index contributed by atoms with van der Waals surface area (Å²) in [5, 5.41) is 8.49. The van der Waals surface area contributed by atoms with Gasteiger partial charge in [0.2, 0.25) is 0 Å². The Morgan fingerprint density at radius 3 is 2.84 bits per heavy atom. The van der Waals surface area contributed by atoms with E-state index in [1.807, 2.05) is 42.8 Å². The highest BCUT2D eigenvalue weighted by Gasteiger charge is 2.33. The fourth-order valence-corrected chi connectivity index (χ4v) is 3.89. The number of benzene rings is 1. The van der Waals surface area contributed by atoms with E-state index < -0.39 is 0 Å². The number of para-hydroxylation sites is 2. The van der Waals surface area contributed by atoms with E-state index in [-0.39, 0.29) is 11.9 Å². The first-order valence-electron chi connectivity index (χ1n) is 9.10. The van der Waals surface area contributed by atoms with Crippen LogP contribution in [0.15, 0.2) is 24.3 Å². The van der Waals surface area contributed by atoms with Crippen LogP contribution in [0, 0.1) is 12.8 Å². The Bertz CT molecular complexity index is 779. The number of amides is 1. The van der Waals surface area contributed by atoms with Crippen molar-refractivity contribution in [1.82, 2.24) is 15.0 Å². The Kier molecular flexibility index (Phi) is 4.19. The van der Waals surface area contributed by atoms with Gasteiger partial charge in [-0.3, -0.25) is 9.69 Å². The molecule has 0 radical (unpaired) electrons. The van der Waals surface area contributed by atoms with Crippen LogP contribution in [0.2, 0.25) is 0 Å². The number of fused-ring (bicyclic) bond motifs is 1. The predicted octanol–water partition coefficient (Wildman–Crippen LogP) is 3.20. The van der Waals surface area contributed by atoms with E-state index in [4.69, 9.17) is 4.74 Å². The van der Waals surface area contributed by atoms with Gasteiger partial charge in [-0.1, -0.05) is 30.2 Å². The van der Waals surface area contributed by atoms with Crippen LogP contribution in [0.1, 0.15) is 48.8 Å². The van der Waals surface area contributed by atoms with Gasteiger partial charge in [-0.25, -0.2) is 4.68 Å². The van der Waals surface area contributed by atoms with E-state index in [9.17, 15) is 4.79 Å². The molecule has 2 heterocycles. The van der Waals surface area contributed by atoms with E-state index in [1.165, 1.54) is 25.7 Å². The molecule has 0 spiro atoms. The van der Waals surface area contributed by atoms with Crippen molar-refractivity contribution in [2.45, 2.75) is 52.1 Å². The molecule has 1 aromatic carbocycles. The maximum absolute atomic E-state index is 13.2. The summed E-state index contributed by atoms with van der Waals surface area (Å²) in [6.07, 6.45) is 5.09. The van der Waals surface area contributed by atoms with Crippen molar-refractivity contribution in [2.24, 2.45) is 5.92 Å². The van der Waals surface area contributed by atoms with Crippen LogP contribution in [0.25, 0.3) is 0 Å². The van der Waals surface area contributed by atoms with Crippen LogP contribution in [0.3, 0.4) is 0 Å². The molecule has 1 fully saturated rings. The zero-order chi connectivity index (χ0) is 17.4. The zero-order valence-electron chi connectivity index (χ0n) is 14.8. The lowest BCUT2D eigenvalue weighted by atomic mass is 10.1. The van der Waals surface area contributed by atoms with E-state index in [0.29, 0.717) is 18.2 Å². The van der Waals surface area contributed by atoms with Crippen molar-refractivity contribution in [2.75, 3.05) is 11.5 Å². The molecule has 2 aromatic rings. The monoisotopic (exact) mass is 340 g/mol. The Hall–Kier alpha value is -2.37. The van der Waals surface area contributed by atoms with Crippen LogP contribution in [0.4, 0.5) is 5.69 Å². The number of anilines is 1. The Morgan fingerprint density at radius 1 is 1.28 bits per heavy atom. The molecule has 2 aliphatic rings. The van der Waals surface area contributed by atoms with Gasteiger partial charge < -0.3 is 4.74 Å². The molecule has 1 saturated carbocycles. The minimum Gasteiger partial charge on any atom is -0.489 e. The maximum atomic E-state index is 13.2. The summed E-state index contributed by atoms with van der Waals surface area (Å²) >= 11 is 0. The molecular weight excluding hydrogens is 316 g/mol. The predicted molar refractivity (Wildman–Crippen MR) is 94.9 cm³/mol. The number of ether oxygens (including phenoxy) is 1. The Balaban J connectivity index is 1.62. The van der Waals surface area contributed by atoms with Crippen LogP contribution < -0.4 is 9.64 Å². The summed E-state index contributed by atoms with van der Waals surface area (Å²) in [5.41, 5.74) is 2.10. The summed E-state index contributed by atoms with van der Waals surface area (Å²) in [5.74, 6) is 1.30. The van der Waals surface area contributed by atoms with E-state index in [2.05, 4.69) is 10.3 Å². The summed E-state index contributed by atoms with van der Waals surface area (Å²) in [6, 6.07) is 7.61. The van der Waals surface area contributed by atoms with Gasteiger partial charge in [0.25, 0.3) is 5.91 Å². The van der Waals surface area contributed by atoms with Crippen molar-refractivity contribution in [3.05, 3.63) is 35.7 Å². The minimum atomic E-state index is -0.0987. The molecule has 1 unspecified atom stereocenters. The maximum Gasteiger partial charge on any atom is 0.281 e. The van der Waals surface area contributed by atoms with Crippen LogP contribution in [-0.4, -0.2) is 33.5 Å². The molecule has 1 amide bonds. The number of hydrogen-bond donors (Lipinski definition) is 0. The summed E-state index contributed by atoms with van der Waals surface area (Å²) in [4.78, 5) is 15.0.